The molecular formula is C13H8BrN3O2S. The SMILES string of the molecule is O=C(O)c1cc(Br)cnc1Nc1ccc2ncsc2c1. The molecule has 0 radical (unpaired) electrons. The van der Waals surface area contributed by atoms with Gasteiger partial charge in [-0.05, 0) is 40.2 Å². The Bertz CT molecular complexity index is 803. The van der Waals surface area contributed by atoms with Crippen LogP contribution in [0.25, 0.3) is 10.2 Å². The van der Waals surface area contributed by atoms with Gasteiger partial charge >= 0.3 is 5.97 Å². The smallest absolute Gasteiger partial charge is 0.339 e. The second kappa shape index (κ2) is 5.18. The fourth-order valence-electron chi connectivity index (χ4n) is 1.77. The second-order valence-electron chi connectivity index (χ2n) is 4.01. The zero-order chi connectivity index (χ0) is 14.1. The molecule has 0 bridgehead atoms. The van der Waals surface area contributed by atoms with Gasteiger partial charge < -0.3 is 10.4 Å². The fraction of sp³-hybridized carbons (Fsp3) is 0. The Balaban J connectivity index is 1.99. The largest absolute Gasteiger partial charge is 0.478 e. The van der Waals surface area contributed by atoms with E-state index in [4.69, 9.17) is 0 Å². The van der Waals surface area contributed by atoms with Crippen molar-refractivity contribution in [1.29, 1.82) is 0 Å². The zero-order valence-corrected chi connectivity index (χ0v) is 12.4. The van der Waals surface area contributed by atoms with Crippen molar-refractivity contribution in [1.82, 2.24) is 9.97 Å². The van der Waals surface area contributed by atoms with Gasteiger partial charge in [0.1, 0.15) is 11.4 Å². The second-order valence-corrected chi connectivity index (χ2v) is 5.82. The first-order valence-electron chi connectivity index (χ1n) is 5.62. The standard InChI is InChI=1S/C13H8BrN3O2S/c14-7-3-9(13(18)19)12(15-5-7)17-8-1-2-10-11(4-8)20-6-16-10/h1-6H,(H,15,17)(H,18,19). The molecule has 100 valence electrons. The van der Waals surface area contributed by atoms with Crippen LogP contribution < -0.4 is 5.32 Å². The van der Waals surface area contributed by atoms with Crippen molar-refractivity contribution in [2.75, 3.05) is 5.32 Å². The molecule has 20 heavy (non-hydrogen) atoms. The summed E-state index contributed by atoms with van der Waals surface area (Å²) in [6.45, 7) is 0. The maximum Gasteiger partial charge on any atom is 0.339 e. The number of hydrogen-bond donors (Lipinski definition) is 2. The summed E-state index contributed by atoms with van der Waals surface area (Å²) in [5.74, 6) is -0.718. The van der Waals surface area contributed by atoms with Crippen LogP contribution in [-0.4, -0.2) is 21.0 Å². The molecule has 2 aromatic heterocycles. The highest BCUT2D eigenvalue weighted by Gasteiger charge is 2.12. The number of nitrogens with zero attached hydrogens (tertiary/aromatic N) is 2. The number of aromatic carboxylic acids is 1. The number of carboxylic acid groups (broad SMARTS) is 1. The quantitative estimate of drug-likeness (QED) is 0.749. The molecule has 2 N–H and O–H groups in total. The molecule has 5 nitrogen and oxygen atoms in total. The number of nitrogens with one attached hydrogen (secondary N) is 1. The molecule has 0 aliphatic rings. The highest BCUT2D eigenvalue weighted by Crippen LogP contribution is 2.26. The molecule has 0 amide bonds. The van der Waals surface area contributed by atoms with Crippen molar-refractivity contribution < 1.29 is 9.90 Å². The number of pyridine rings is 1. The lowest BCUT2D eigenvalue weighted by Crippen LogP contribution is -2.04. The van der Waals surface area contributed by atoms with Gasteiger partial charge in [0.2, 0.25) is 0 Å². The molecule has 7 heteroatoms. The van der Waals surface area contributed by atoms with E-state index in [2.05, 4.69) is 31.2 Å². The van der Waals surface area contributed by atoms with Gasteiger partial charge in [0.05, 0.1) is 15.7 Å². The van der Waals surface area contributed by atoms with E-state index in [9.17, 15) is 9.90 Å². The number of hydrogen-bond acceptors (Lipinski definition) is 5. The van der Waals surface area contributed by atoms with E-state index >= 15 is 0 Å². The van der Waals surface area contributed by atoms with E-state index < -0.39 is 5.97 Å². The van der Waals surface area contributed by atoms with Gasteiger partial charge in [-0.3, -0.25) is 0 Å². The average Bonchev–Trinajstić information content (AvgIpc) is 2.88. The molecule has 0 saturated heterocycles. The summed E-state index contributed by atoms with van der Waals surface area (Å²) < 4.78 is 1.65. The molecule has 0 unspecified atom stereocenters. The Kier molecular flexibility index (Phi) is 3.37. The summed E-state index contributed by atoms with van der Waals surface area (Å²) in [5, 5.41) is 12.2. The Hall–Kier alpha value is -1.99. The van der Waals surface area contributed by atoms with Gasteiger partial charge in [-0.1, -0.05) is 0 Å². The first-order valence-corrected chi connectivity index (χ1v) is 7.30. The Morgan fingerprint density at radius 2 is 2.15 bits per heavy atom. The van der Waals surface area contributed by atoms with Crippen LogP contribution in [0.1, 0.15) is 10.4 Å². The van der Waals surface area contributed by atoms with Crippen LogP contribution in [0.3, 0.4) is 0 Å². The molecule has 3 aromatic rings. The highest BCUT2D eigenvalue weighted by atomic mass is 79.9. The van der Waals surface area contributed by atoms with E-state index in [1.807, 2.05) is 18.2 Å². The molecule has 0 saturated carbocycles. The average molecular weight is 350 g/mol. The first kappa shape index (κ1) is 13.0. The van der Waals surface area contributed by atoms with Crippen molar-refractivity contribution in [3.8, 4) is 0 Å². The predicted octanol–water partition coefficient (Wildman–Crippen LogP) is 3.90. The minimum absolute atomic E-state index is 0.115. The van der Waals surface area contributed by atoms with Gasteiger partial charge in [0.15, 0.2) is 0 Å². The molecule has 0 atom stereocenters. The van der Waals surface area contributed by atoms with Crippen LogP contribution in [0.4, 0.5) is 11.5 Å². The number of benzene rings is 1. The number of thiazole rings is 1. The molecular weight excluding hydrogens is 342 g/mol. The number of fused-ring (bicyclic) bond motifs is 1. The normalized spacial score (nSPS) is 10.7. The van der Waals surface area contributed by atoms with Gasteiger partial charge in [-0.15, -0.1) is 11.3 Å². The maximum absolute atomic E-state index is 11.2. The third kappa shape index (κ3) is 2.50. The lowest BCUT2D eigenvalue weighted by molar-refractivity contribution is 0.0697. The summed E-state index contributed by atoms with van der Waals surface area (Å²) in [4.78, 5) is 19.5. The molecule has 2 heterocycles. The van der Waals surface area contributed by atoms with E-state index in [1.165, 1.54) is 17.4 Å². The number of halogens is 1. The van der Waals surface area contributed by atoms with Crippen molar-refractivity contribution in [2.24, 2.45) is 0 Å². The van der Waals surface area contributed by atoms with Crippen molar-refractivity contribution >= 4 is 55.0 Å². The van der Waals surface area contributed by atoms with Crippen LogP contribution in [-0.2, 0) is 0 Å². The van der Waals surface area contributed by atoms with Crippen LogP contribution in [0.15, 0.2) is 40.4 Å². The van der Waals surface area contributed by atoms with Crippen LogP contribution in [0.5, 0.6) is 0 Å². The van der Waals surface area contributed by atoms with E-state index in [1.54, 1.807) is 11.7 Å². The number of carbonyl (C=O) groups is 1. The third-order valence-corrected chi connectivity index (χ3v) is 3.90. The fourth-order valence-corrected chi connectivity index (χ4v) is 2.82. The van der Waals surface area contributed by atoms with Crippen molar-refractivity contribution in [2.45, 2.75) is 0 Å². The Labute approximate surface area is 126 Å². The van der Waals surface area contributed by atoms with E-state index in [0.717, 1.165) is 15.9 Å². The lowest BCUT2D eigenvalue weighted by Gasteiger charge is -2.08. The first-order chi connectivity index (χ1) is 9.63. The minimum atomic E-state index is -1.03. The maximum atomic E-state index is 11.2. The molecule has 0 aliphatic carbocycles. The third-order valence-electron chi connectivity index (χ3n) is 2.68. The van der Waals surface area contributed by atoms with Crippen LogP contribution in [0, 0.1) is 0 Å². The van der Waals surface area contributed by atoms with Crippen molar-refractivity contribution in [3.63, 3.8) is 0 Å². The summed E-state index contributed by atoms with van der Waals surface area (Å²) >= 11 is 4.75. The monoisotopic (exact) mass is 349 g/mol. The Morgan fingerprint density at radius 1 is 1.30 bits per heavy atom. The van der Waals surface area contributed by atoms with Gasteiger partial charge in [-0.25, -0.2) is 14.8 Å². The summed E-state index contributed by atoms with van der Waals surface area (Å²) in [6.07, 6.45) is 1.56. The number of anilines is 2. The number of aromatic nitrogens is 2. The number of rotatable bonds is 3. The lowest BCUT2D eigenvalue weighted by atomic mass is 10.2. The summed E-state index contributed by atoms with van der Waals surface area (Å²) in [7, 11) is 0. The molecule has 1 aromatic carbocycles. The van der Waals surface area contributed by atoms with Crippen LogP contribution >= 0.6 is 27.3 Å². The molecule has 0 aliphatic heterocycles. The summed E-state index contributed by atoms with van der Waals surface area (Å²) in [6, 6.07) is 7.16. The number of carboxylic acids is 1. The van der Waals surface area contributed by atoms with Gasteiger partial charge in [0, 0.05) is 16.4 Å². The van der Waals surface area contributed by atoms with E-state index in [-0.39, 0.29) is 5.56 Å². The zero-order valence-electron chi connectivity index (χ0n) is 10.0. The van der Waals surface area contributed by atoms with Crippen LogP contribution in [0.2, 0.25) is 0 Å². The van der Waals surface area contributed by atoms with Crippen molar-refractivity contribution in [3.05, 3.63) is 46.0 Å². The molecule has 3 rings (SSSR count). The summed E-state index contributed by atoms with van der Waals surface area (Å²) in [5.41, 5.74) is 3.58. The molecule has 0 fully saturated rings. The minimum Gasteiger partial charge on any atom is -0.478 e. The Morgan fingerprint density at radius 3 is 2.95 bits per heavy atom. The van der Waals surface area contributed by atoms with Gasteiger partial charge in [-0.2, -0.15) is 0 Å². The van der Waals surface area contributed by atoms with Gasteiger partial charge in [0.25, 0.3) is 0 Å². The predicted molar refractivity (Wildman–Crippen MR) is 81.8 cm³/mol. The van der Waals surface area contributed by atoms with E-state index in [0.29, 0.717) is 10.3 Å². The highest BCUT2D eigenvalue weighted by molar-refractivity contribution is 9.10. The topological polar surface area (TPSA) is 75.1 Å². The molecule has 0 spiro atoms.